The maximum absolute atomic E-state index is 12.1. The maximum Gasteiger partial charge on any atom is 0.156 e. The van der Waals surface area contributed by atoms with Crippen molar-refractivity contribution in [3.63, 3.8) is 0 Å². The SMILES string of the molecule is Cc1cccc(OCCS(=O)(=O)C2CCNCC2)c1. The van der Waals surface area contributed by atoms with Gasteiger partial charge in [-0.2, -0.15) is 0 Å². The number of piperidine rings is 1. The molecule has 4 nitrogen and oxygen atoms in total. The highest BCUT2D eigenvalue weighted by atomic mass is 32.2. The van der Waals surface area contributed by atoms with E-state index in [1.165, 1.54) is 0 Å². The fraction of sp³-hybridized carbons (Fsp3) is 0.571. The minimum atomic E-state index is -3.03. The summed E-state index contributed by atoms with van der Waals surface area (Å²) >= 11 is 0. The zero-order chi connectivity index (χ0) is 13.7. The lowest BCUT2D eigenvalue weighted by Gasteiger charge is -2.22. The van der Waals surface area contributed by atoms with Crippen molar-refractivity contribution in [2.24, 2.45) is 0 Å². The molecule has 2 rings (SSSR count). The number of aryl methyl sites for hydroxylation is 1. The summed E-state index contributed by atoms with van der Waals surface area (Å²) in [6.07, 6.45) is 1.43. The first-order chi connectivity index (χ1) is 9.08. The Morgan fingerprint density at radius 3 is 2.74 bits per heavy atom. The van der Waals surface area contributed by atoms with Gasteiger partial charge in [-0.15, -0.1) is 0 Å². The van der Waals surface area contributed by atoms with Crippen LogP contribution in [0.5, 0.6) is 5.75 Å². The lowest BCUT2D eigenvalue weighted by atomic mass is 10.2. The van der Waals surface area contributed by atoms with Crippen molar-refractivity contribution < 1.29 is 13.2 Å². The van der Waals surface area contributed by atoms with Gasteiger partial charge < -0.3 is 10.1 Å². The van der Waals surface area contributed by atoms with Gasteiger partial charge in [0.15, 0.2) is 9.84 Å². The van der Waals surface area contributed by atoms with Gasteiger partial charge in [-0.25, -0.2) is 8.42 Å². The van der Waals surface area contributed by atoms with E-state index in [9.17, 15) is 8.42 Å². The highest BCUT2D eigenvalue weighted by molar-refractivity contribution is 7.92. The lowest BCUT2D eigenvalue weighted by Crippen LogP contribution is -2.37. The molecule has 1 aliphatic heterocycles. The molecule has 0 saturated carbocycles. The summed E-state index contributed by atoms with van der Waals surface area (Å²) in [6, 6.07) is 7.66. The van der Waals surface area contributed by atoms with Gasteiger partial charge in [0.2, 0.25) is 0 Å². The standard InChI is InChI=1S/C14H21NO3S/c1-12-3-2-4-13(11-12)18-9-10-19(16,17)14-5-7-15-8-6-14/h2-4,11,14-15H,5-10H2,1H3. The van der Waals surface area contributed by atoms with Crippen molar-refractivity contribution in [1.82, 2.24) is 5.32 Å². The zero-order valence-electron chi connectivity index (χ0n) is 11.3. The van der Waals surface area contributed by atoms with Gasteiger partial charge >= 0.3 is 0 Å². The van der Waals surface area contributed by atoms with E-state index < -0.39 is 9.84 Å². The molecular formula is C14H21NO3S. The molecule has 0 radical (unpaired) electrons. The molecule has 1 saturated heterocycles. The summed E-state index contributed by atoms with van der Waals surface area (Å²) in [7, 11) is -3.03. The first-order valence-electron chi connectivity index (χ1n) is 6.70. The Morgan fingerprint density at radius 2 is 2.05 bits per heavy atom. The fourth-order valence-electron chi connectivity index (χ4n) is 2.30. The van der Waals surface area contributed by atoms with Crippen molar-refractivity contribution in [2.75, 3.05) is 25.4 Å². The van der Waals surface area contributed by atoms with Crippen molar-refractivity contribution >= 4 is 9.84 Å². The minimum Gasteiger partial charge on any atom is -0.493 e. The smallest absolute Gasteiger partial charge is 0.156 e. The normalized spacial score (nSPS) is 17.3. The van der Waals surface area contributed by atoms with Gasteiger partial charge in [0.25, 0.3) is 0 Å². The van der Waals surface area contributed by atoms with E-state index in [0.717, 1.165) is 24.4 Å². The molecule has 1 fully saturated rings. The average molecular weight is 283 g/mol. The van der Waals surface area contributed by atoms with Crippen LogP contribution in [0.2, 0.25) is 0 Å². The first-order valence-corrected chi connectivity index (χ1v) is 8.41. The van der Waals surface area contributed by atoms with E-state index >= 15 is 0 Å². The van der Waals surface area contributed by atoms with Crippen LogP contribution < -0.4 is 10.1 Å². The second kappa shape index (κ2) is 6.39. The summed E-state index contributed by atoms with van der Waals surface area (Å²) in [5, 5.41) is 2.98. The molecule has 5 heteroatoms. The molecule has 0 unspecified atom stereocenters. The number of hydrogen-bond donors (Lipinski definition) is 1. The lowest BCUT2D eigenvalue weighted by molar-refractivity contribution is 0.339. The third kappa shape index (κ3) is 4.21. The van der Waals surface area contributed by atoms with Crippen LogP contribution in [0.15, 0.2) is 24.3 Å². The number of rotatable bonds is 5. The minimum absolute atomic E-state index is 0.103. The molecule has 19 heavy (non-hydrogen) atoms. The average Bonchev–Trinajstić information content (AvgIpc) is 2.40. The van der Waals surface area contributed by atoms with E-state index in [1.54, 1.807) is 0 Å². The van der Waals surface area contributed by atoms with Crippen LogP contribution in [-0.2, 0) is 9.84 Å². The zero-order valence-corrected chi connectivity index (χ0v) is 12.1. The molecule has 0 spiro atoms. The molecule has 0 aliphatic carbocycles. The van der Waals surface area contributed by atoms with Gasteiger partial charge in [0.1, 0.15) is 12.4 Å². The Morgan fingerprint density at radius 1 is 1.32 bits per heavy atom. The highest BCUT2D eigenvalue weighted by Crippen LogP contribution is 2.16. The predicted molar refractivity (Wildman–Crippen MR) is 76.4 cm³/mol. The van der Waals surface area contributed by atoms with Crippen LogP contribution >= 0.6 is 0 Å². The first kappa shape index (κ1) is 14.3. The summed E-state index contributed by atoms with van der Waals surface area (Å²) in [4.78, 5) is 0. The quantitative estimate of drug-likeness (QED) is 0.890. The molecule has 0 bridgehead atoms. The summed E-state index contributed by atoms with van der Waals surface area (Å²) in [5.41, 5.74) is 1.11. The van der Waals surface area contributed by atoms with Gasteiger partial charge in [0.05, 0.1) is 11.0 Å². The Bertz CT molecular complexity index is 507. The van der Waals surface area contributed by atoms with Crippen molar-refractivity contribution in [2.45, 2.75) is 25.0 Å². The van der Waals surface area contributed by atoms with Crippen molar-refractivity contribution in [1.29, 1.82) is 0 Å². The molecule has 1 aliphatic rings. The molecule has 0 atom stereocenters. The molecule has 1 aromatic carbocycles. The largest absolute Gasteiger partial charge is 0.493 e. The molecule has 0 aromatic heterocycles. The molecule has 0 amide bonds. The molecule has 106 valence electrons. The Labute approximate surface area is 115 Å². The van der Waals surface area contributed by atoms with Crippen LogP contribution in [0.1, 0.15) is 18.4 Å². The van der Waals surface area contributed by atoms with Gasteiger partial charge in [-0.05, 0) is 50.6 Å². The van der Waals surface area contributed by atoms with E-state index in [1.807, 2.05) is 31.2 Å². The van der Waals surface area contributed by atoms with Crippen LogP contribution in [-0.4, -0.2) is 39.1 Å². The molecule has 1 aromatic rings. The molecular weight excluding hydrogens is 262 g/mol. The monoisotopic (exact) mass is 283 g/mol. The Hall–Kier alpha value is -1.07. The van der Waals surface area contributed by atoms with Crippen LogP contribution in [0, 0.1) is 6.92 Å². The fourth-order valence-corrected chi connectivity index (χ4v) is 3.90. The molecule has 1 heterocycles. The Balaban J connectivity index is 1.84. The second-order valence-electron chi connectivity index (χ2n) is 4.98. The van der Waals surface area contributed by atoms with Crippen molar-refractivity contribution in [3.8, 4) is 5.75 Å². The summed E-state index contributed by atoms with van der Waals surface area (Å²) in [5.74, 6) is 0.839. The van der Waals surface area contributed by atoms with Crippen LogP contribution in [0.3, 0.4) is 0 Å². The Kier molecular flexibility index (Phi) is 4.82. The topological polar surface area (TPSA) is 55.4 Å². The van der Waals surface area contributed by atoms with Gasteiger partial charge in [0, 0.05) is 0 Å². The van der Waals surface area contributed by atoms with E-state index in [4.69, 9.17) is 4.74 Å². The summed E-state index contributed by atoms with van der Waals surface area (Å²) in [6.45, 7) is 3.81. The van der Waals surface area contributed by atoms with Crippen LogP contribution in [0.25, 0.3) is 0 Å². The van der Waals surface area contributed by atoms with Gasteiger partial charge in [-0.1, -0.05) is 12.1 Å². The third-order valence-corrected chi connectivity index (χ3v) is 5.64. The predicted octanol–water partition coefficient (Wildman–Crippen LogP) is 1.54. The van der Waals surface area contributed by atoms with E-state index in [2.05, 4.69) is 5.32 Å². The third-order valence-electron chi connectivity index (χ3n) is 3.42. The van der Waals surface area contributed by atoms with E-state index in [-0.39, 0.29) is 17.6 Å². The highest BCUT2D eigenvalue weighted by Gasteiger charge is 2.26. The van der Waals surface area contributed by atoms with Crippen molar-refractivity contribution in [3.05, 3.63) is 29.8 Å². The second-order valence-corrected chi connectivity index (χ2v) is 7.38. The molecule has 1 N–H and O–H groups in total. The summed E-state index contributed by atoms with van der Waals surface area (Å²) < 4.78 is 29.8. The van der Waals surface area contributed by atoms with Gasteiger partial charge in [-0.3, -0.25) is 0 Å². The number of hydrogen-bond acceptors (Lipinski definition) is 4. The number of benzene rings is 1. The van der Waals surface area contributed by atoms with Crippen LogP contribution in [0.4, 0.5) is 0 Å². The van der Waals surface area contributed by atoms with E-state index in [0.29, 0.717) is 12.8 Å². The number of nitrogens with one attached hydrogen (secondary N) is 1. The number of ether oxygens (including phenoxy) is 1. The maximum atomic E-state index is 12.1. The number of sulfone groups is 1.